The van der Waals surface area contributed by atoms with Gasteiger partial charge in [0.1, 0.15) is 11.6 Å². The van der Waals surface area contributed by atoms with Crippen LogP contribution in [0.25, 0.3) is 11.4 Å². The molecule has 0 saturated carbocycles. The summed E-state index contributed by atoms with van der Waals surface area (Å²) >= 11 is 1.22. The summed E-state index contributed by atoms with van der Waals surface area (Å²) in [5, 5.41) is 11.5. The van der Waals surface area contributed by atoms with E-state index in [2.05, 4.69) is 22.1 Å². The molecule has 0 atom stereocenters. The first kappa shape index (κ1) is 19.6. The van der Waals surface area contributed by atoms with Crippen LogP contribution < -0.4 is 10.1 Å². The number of amides is 1. The highest BCUT2D eigenvalue weighted by atomic mass is 32.2. The maximum Gasteiger partial charge on any atom is 0.234 e. The molecule has 144 valence electrons. The minimum atomic E-state index is -0.382. The molecule has 0 spiro atoms. The molecular formula is C20H19FN4O2S. The number of hydrogen-bond donors (Lipinski definition) is 1. The highest BCUT2D eigenvalue weighted by molar-refractivity contribution is 7.99. The second-order valence-electron chi connectivity index (χ2n) is 5.75. The van der Waals surface area contributed by atoms with Crippen LogP contribution in [0.2, 0.25) is 0 Å². The van der Waals surface area contributed by atoms with Gasteiger partial charge in [-0.2, -0.15) is 0 Å². The summed E-state index contributed by atoms with van der Waals surface area (Å²) in [4.78, 5) is 12.3. The fourth-order valence-electron chi connectivity index (χ4n) is 2.56. The molecule has 0 aliphatic rings. The number of benzene rings is 2. The van der Waals surface area contributed by atoms with E-state index < -0.39 is 0 Å². The zero-order valence-corrected chi connectivity index (χ0v) is 16.1. The van der Waals surface area contributed by atoms with Crippen LogP contribution in [0.1, 0.15) is 0 Å². The van der Waals surface area contributed by atoms with E-state index in [1.165, 1.54) is 17.8 Å². The summed E-state index contributed by atoms with van der Waals surface area (Å²) in [7, 11) is 1.57. The Kier molecular flexibility index (Phi) is 6.44. The Morgan fingerprint density at radius 2 is 2.11 bits per heavy atom. The first-order chi connectivity index (χ1) is 13.6. The average molecular weight is 398 g/mol. The number of halogens is 1. The quantitative estimate of drug-likeness (QED) is 0.459. The predicted molar refractivity (Wildman–Crippen MR) is 108 cm³/mol. The molecule has 0 aliphatic heterocycles. The van der Waals surface area contributed by atoms with Crippen molar-refractivity contribution in [2.45, 2.75) is 11.7 Å². The Labute approximate surface area is 166 Å². The van der Waals surface area contributed by atoms with Crippen LogP contribution in [-0.4, -0.2) is 33.5 Å². The molecule has 1 heterocycles. The van der Waals surface area contributed by atoms with Gasteiger partial charge in [0, 0.05) is 18.3 Å². The summed E-state index contributed by atoms with van der Waals surface area (Å²) in [6, 6.07) is 13.5. The van der Waals surface area contributed by atoms with Crippen molar-refractivity contribution in [3.63, 3.8) is 0 Å². The van der Waals surface area contributed by atoms with Gasteiger partial charge in [-0.3, -0.25) is 9.36 Å². The fraction of sp³-hybridized carbons (Fsp3) is 0.150. The Morgan fingerprint density at radius 1 is 1.29 bits per heavy atom. The van der Waals surface area contributed by atoms with E-state index in [9.17, 15) is 9.18 Å². The number of rotatable bonds is 8. The number of thioether (sulfide) groups is 1. The minimum absolute atomic E-state index is 0.129. The first-order valence-corrected chi connectivity index (χ1v) is 9.46. The topological polar surface area (TPSA) is 69.0 Å². The van der Waals surface area contributed by atoms with Gasteiger partial charge < -0.3 is 10.1 Å². The third kappa shape index (κ3) is 4.58. The van der Waals surface area contributed by atoms with Gasteiger partial charge in [-0.1, -0.05) is 36.0 Å². The van der Waals surface area contributed by atoms with Crippen LogP contribution >= 0.6 is 11.8 Å². The number of aromatic nitrogens is 3. The van der Waals surface area contributed by atoms with Crippen LogP contribution in [-0.2, 0) is 11.3 Å². The van der Waals surface area contributed by atoms with Gasteiger partial charge in [0.15, 0.2) is 11.0 Å². The molecule has 3 rings (SSSR count). The van der Waals surface area contributed by atoms with Crippen molar-refractivity contribution in [1.82, 2.24) is 14.8 Å². The van der Waals surface area contributed by atoms with Crippen molar-refractivity contribution < 1.29 is 13.9 Å². The van der Waals surface area contributed by atoms with E-state index in [1.807, 2.05) is 0 Å². The second kappa shape index (κ2) is 9.18. The lowest BCUT2D eigenvalue weighted by atomic mass is 10.2. The third-order valence-corrected chi connectivity index (χ3v) is 4.80. The number of hydrogen-bond acceptors (Lipinski definition) is 5. The molecule has 8 heteroatoms. The smallest absolute Gasteiger partial charge is 0.234 e. The van der Waals surface area contributed by atoms with Gasteiger partial charge in [0.25, 0.3) is 0 Å². The maximum absolute atomic E-state index is 14.1. The van der Waals surface area contributed by atoms with E-state index in [0.29, 0.717) is 34.5 Å². The van der Waals surface area contributed by atoms with E-state index in [4.69, 9.17) is 4.74 Å². The van der Waals surface area contributed by atoms with Crippen LogP contribution in [0.3, 0.4) is 0 Å². The van der Waals surface area contributed by atoms with Crippen LogP contribution in [0, 0.1) is 5.82 Å². The van der Waals surface area contributed by atoms with Crippen LogP contribution in [0.5, 0.6) is 5.75 Å². The van der Waals surface area contributed by atoms with Gasteiger partial charge in [0.05, 0.1) is 18.4 Å². The van der Waals surface area contributed by atoms with Gasteiger partial charge in [-0.05, 0) is 24.3 Å². The molecular weight excluding hydrogens is 379 g/mol. The van der Waals surface area contributed by atoms with Crippen molar-refractivity contribution >= 4 is 23.4 Å². The molecule has 0 fully saturated rings. The molecule has 1 aromatic heterocycles. The number of carbonyl (C=O) groups excluding carboxylic acids is 1. The molecule has 1 N–H and O–H groups in total. The zero-order valence-electron chi connectivity index (χ0n) is 15.3. The van der Waals surface area contributed by atoms with Crippen LogP contribution in [0.4, 0.5) is 10.1 Å². The molecule has 0 unspecified atom stereocenters. The summed E-state index contributed by atoms with van der Waals surface area (Å²) < 4.78 is 21.0. The largest absolute Gasteiger partial charge is 0.497 e. The standard InChI is InChI=1S/C20H19FN4O2S/c1-3-11-25-19(16-9-4-5-10-17(16)21)23-24-20(25)28-13-18(26)22-14-7-6-8-15(12-14)27-2/h3-10,12H,1,11,13H2,2H3,(H,22,26). The van der Waals surface area contributed by atoms with Crippen molar-refractivity contribution in [2.24, 2.45) is 0 Å². The number of ether oxygens (including phenoxy) is 1. The number of anilines is 1. The van der Waals surface area contributed by atoms with Gasteiger partial charge >= 0.3 is 0 Å². The molecule has 1 amide bonds. The van der Waals surface area contributed by atoms with Crippen molar-refractivity contribution in [3.8, 4) is 17.1 Å². The first-order valence-electron chi connectivity index (χ1n) is 8.48. The van der Waals surface area contributed by atoms with Crippen molar-refractivity contribution in [1.29, 1.82) is 0 Å². The van der Waals surface area contributed by atoms with Gasteiger partial charge in [-0.15, -0.1) is 16.8 Å². The number of nitrogens with zero attached hydrogens (tertiary/aromatic N) is 3. The highest BCUT2D eigenvalue weighted by Gasteiger charge is 2.17. The van der Waals surface area contributed by atoms with E-state index in [-0.39, 0.29) is 17.5 Å². The lowest BCUT2D eigenvalue weighted by molar-refractivity contribution is -0.113. The SMILES string of the molecule is C=CCn1c(SCC(=O)Nc2cccc(OC)c2)nnc1-c1ccccc1F. The molecule has 0 aliphatic carbocycles. The van der Waals surface area contributed by atoms with Gasteiger partial charge in [-0.25, -0.2) is 4.39 Å². The summed E-state index contributed by atoms with van der Waals surface area (Å²) in [5.41, 5.74) is 0.995. The minimum Gasteiger partial charge on any atom is -0.497 e. The van der Waals surface area contributed by atoms with Crippen molar-refractivity contribution in [3.05, 3.63) is 67.0 Å². The number of allylic oxidation sites excluding steroid dienone is 1. The normalized spacial score (nSPS) is 10.5. The lowest BCUT2D eigenvalue weighted by Gasteiger charge is -2.09. The number of carbonyl (C=O) groups is 1. The molecule has 0 bridgehead atoms. The second-order valence-corrected chi connectivity index (χ2v) is 6.70. The number of methoxy groups -OCH3 is 1. The maximum atomic E-state index is 14.1. The van der Waals surface area contributed by atoms with E-state index >= 15 is 0 Å². The fourth-order valence-corrected chi connectivity index (χ4v) is 3.31. The Hall–Kier alpha value is -3.13. The predicted octanol–water partition coefficient (Wildman–Crippen LogP) is 4.01. The molecule has 0 saturated heterocycles. The highest BCUT2D eigenvalue weighted by Crippen LogP contribution is 2.26. The molecule has 6 nitrogen and oxygen atoms in total. The Balaban J connectivity index is 1.72. The van der Waals surface area contributed by atoms with Crippen LogP contribution in [0.15, 0.2) is 66.3 Å². The van der Waals surface area contributed by atoms with Crippen molar-refractivity contribution in [2.75, 3.05) is 18.2 Å². The van der Waals surface area contributed by atoms with E-state index in [1.54, 1.807) is 60.2 Å². The molecule has 3 aromatic rings. The van der Waals surface area contributed by atoms with E-state index in [0.717, 1.165) is 0 Å². The molecule has 2 aromatic carbocycles. The summed E-state index contributed by atoms with van der Waals surface area (Å²) in [6.45, 7) is 4.13. The monoisotopic (exact) mass is 398 g/mol. The molecule has 28 heavy (non-hydrogen) atoms. The lowest BCUT2D eigenvalue weighted by Crippen LogP contribution is -2.14. The summed E-state index contributed by atoms with van der Waals surface area (Å²) in [6.07, 6.45) is 1.67. The zero-order chi connectivity index (χ0) is 19.9. The average Bonchev–Trinajstić information content (AvgIpc) is 3.09. The Morgan fingerprint density at radius 3 is 2.86 bits per heavy atom. The summed E-state index contributed by atoms with van der Waals surface area (Å²) in [5.74, 6) is 0.606. The molecule has 0 radical (unpaired) electrons. The Bertz CT molecular complexity index is 990. The third-order valence-electron chi connectivity index (χ3n) is 3.83. The number of nitrogens with one attached hydrogen (secondary N) is 1. The van der Waals surface area contributed by atoms with Gasteiger partial charge in [0.2, 0.25) is 5.91 Å².